The molecule has 1 aromatic rings. The van der Waals surface area contributed by atoms with Crippen molar-refractivity contribution in [2.75, 3.05) is 39.9 Å². The van der Waals surface area contributed by atoms with Crippen molar-refractivity contribution in [3.63, 3.8) is 0 Å². The molecule has 0 radical (unpaired) electrons. The van der Waals surface area contributed by atoms with E-state index in [0.29, 0.717) is 49.8 Å². The van der Waals surface area contributed by atoms with Crippen LogP contribution in [0.5, 0.6) is 11.5 Å². The van der Waals surface area contributed by atoms with Gasteiger partial charge < -0.3 is 19.3 Å². The van der Waals surface area contributed by atoms with Gasteiger partial charge in [-0.3, -0.25) is 9.59 Å². The number of methoxy groups -OCH3 is 1. The standard InChI is InChI=1S/C20H28N2O4/c1-3-26-18-14-16(8-9-17(18)25-2)20(24)22-12-10-21(11-13-22)19(23)15-6-4-5-7-15/h8-9,14-15H,3-7,10-13H2,1-2H3. The molecule has 1 aromatic carbocycles. The second-order valence-corrected chi connectivity index (χ2v) is 6.90. The van der Waals surface area contributed by atoms with Crippen molar-refractivity contribution in [2.24, 2.45) is 5.92 Å². The number of hydrogen-bond donors (Lipinski definition) is 0. The number of ether oxygens (including phenoxy) is 2. The molecular formula is C20H28N2O4. The fraction of sp³-hybridized carbons (Fsp3) is 0.600. The summed E-state index contributed by atoms with van der Waals surface area (Å²) in [5, 5.41) is 0. The van der Waals surface area contributed by atoms with Crippen LogP contribution < -0.4 is 9.47 Å². The van der Waals surface area contributed by atoms with Crippen LogP contribution in [0.15, 0.2) is 18.2 Å². The van der Waals surface area contributed by atoms with E-state index in [1.165, 1.54) is 0 Å². The molecule has 2 aliphatic rings. The number of carbonyl (C=O) groups excluding carboxylic acids is 2. The fourth-order valence-electron chi connectivity index (χ4n) is 3.82. The molecule has 0 aromatic heterocycles. The SMILES string of the molecule is CCOc1cc(C(=O)N2CCN(C(=O)C3CCCC3)CC2)ccc1OC. The van der Waals surface area contributed by atoms with Crippen molar-refractivity contribution < 1.29 is 19.1 Å². The first-order valence-electron chi connectivity index (χ1n) is 9.53. The van der Waals surface area contributed by atoms with Gasteiger partial charge in [-0.25, -0.2) is 0 Å². The molecule has 6 nitrogen and oxygen atoms in total. The van der Waals surface area contributed by atoms with E-state index in [9.17, 15) is 9.59 Å². The molecule has 1 aliphatic carbocycles. The number of hydrogen-bond acceptors (Lipinski definition) is 4. The summed E-state index contributed by atoms with van der Waals surface area (Å²) in [6.45, 7) is 4.80. The molecular weight excluding hydrogens is 332 g/mol. The Bertz CT molecular complexity index is 647. The first kappa shape index (κ1) is 18.5. The summed E-state index contributed by atoms with van der Waals surface area (Å²) in [5.74, 6) is 1.65. The molecule has 26 heavy (non-hydrogen) atoms. The zero-order valence-electron chi connectivity index (χ0n) is 15.7. The Hall–Kier alpha value is -2.24. The van der Waals surface area contributed by atoms with Crippen LogP contribution in [0, 0.1) is 5.92 Å². The largest absolute Gasteiger partial charge is 0.493 e. The molecule has 6 heteroatoms. The van der Waals surface area contributed by atoms with Crippen molar-refractivity contribution >= 4 is 11.8 Å². The van der Waals surface area contributed by atoms with E-state index in [0.717, 1.165) is 25.7 Å². The average molecular weight is 360 g/mol. The van der Waals surface area contributed by atoms with Crippen LogP contribution >= 0.6 is 0 Å². The van der Waals surface area contributed by atoms with Crippen molar-refractivity contribution in [3.05, 3.63) is 23.8 Å². The minimum Gasteiger partial charge on any atom is -0.493 e. The van der Waals surface area contributed by atoms with Crippen LogP contribution in [-0.2, 0) is 4.79 Å². The molecule has 1 saturated carbocycles. The number of rotatable bonds is 5. The quantitative estimate of drug-likeness (QED) is 0.810. The van der Waals surface area contributed by atoms with Gasteiger partial charge in [-0.05, 0) is 38.0 Å². The van der Waals surface area contributed by atoms with Crippen LogP contribution in [0.3, 0.4) is 0 Å². The lowest BCUT2D eigenvalue weighted by atomic mass is 10.1. The number of carbonyl (C=O) groups is 2. The van der Waals surface area contributed by atoms with Crippen LogP contribution in [0.2, 0.25) is 0 Å². The molecule has 0 spiro atoms. The summed E-state index contributed by atoms with van der Waals surface area (Å²) in [6.07, 6.45) is 4.36. The van der Waals surface area contributed by atoms with Gasteiger partial charge in [0.25, 0.3) is 5.91 Å². The van der Waals surface area contributed by atoms with E-state index in [2.05, 4.69) is 0 Å². The highest BCUT2D eigenvalue weighted by molar-refractivity contribution is 5.95. The van der Waals surface area contributed by atoms with Gasteiger partial charge in [0.2, 0.25) is 5.91 Å². The second kappa shape index (κ2) is 8.43. The molecule has 142 valence electrons. The number of benzene rings is 1. The first-order valence-corrected chi connectivity index (χ1v) is 9.53. The summed E-state index contributed by atoms with van der Waals surface area (Å²) in [7, 11) is 1.58. The van der Waals surface area contributed by atoms with Gasteiger partial charge in [0.15, 0.2) is 11.5 Å². The number of nitrogens with zero attached hydrogens (tertiary/aromatic N) is 2. The lowest BCUT2D eigenvalue weighted by molar-refractivity contribution is -0.136. The molecule has 1 heterocycles. The van der Waals surface area contributed by atoms with Crippen LogP contribution in [-0.4, -0.2) is 61.5 Å². The molecule has 0 atom stereocenters. The van der Waals surface area contributed by atoms with E-state index < -0.39 is 0 Å². The molecule has 1 aliphatic heterocycles. The van der Waals surface area contributed by atoms with Gasteiger partial charge in [0.1, 0.15) is 0 Å². The maximum Gasteiger partial charge on any atom is 0.254 e. The monoisotopic (exact) mass is 360 g/mol. The van der Waals surface area contributed by atoms with Gasteiger partial charge in [0.05, 0.1) is 13.7 Å². The highest BCUT2D eigenvalue weighted by Crippen LogP contribution is 2.29. The Morgan fingerprint density at radius 2 is 1.69 bits per heavy atom. The smallest absolute Gasteiger partial charge is 0.254 e. The highest BCUT2D eigenvalue weighted by Gasteiger charge is 2.30. The maximum absolute atomic E-state index is 12.8. The van der Waals surface area contributed by atoms with E-state index >= 15 is 0 Å². The lowest BCUT2D eigenvalue weighted by Crippen LogP contribution is -2.51. The fourth-order valence-corrected chi connectivity index (χ4v) is 3.82. The van der Waals surface area contributed by atoms with Gasteiger partial charge in [0, 0.05) is 37.7 Å². The van der Waals surface area contributed by atoms with Crippen molar-refractivity contribution in [2.45, 2.75) is 32.6 Å². The lowest BCUT2D eigenvalue weighted by Gasteiger charge is -2.36. The molecule has 0 unspecified atom stereocenters. The molecule has 2 fully saturated rings. The van der Waals surface area contributed by atoms with Gasteiger partial charge in [-0.2, -0.15) is 0 Å². The number of amides is 2. The maximum atomic E-state index is 12.8. The average Bonchev–Trinajstić information content (AvgIpc) is 3.22. The third-order valence-corrected chi connectivity index (χ3v) is 5.29. The molecule has 1 saturated heterocycles. The van der Waals surface area contributed by atoms with Crippen LogP contribution in [0.4, 0.5) is 0 Å². The Kier molecular flexibility index (Phi) is 6.01. The van der Waals surface area contributed by atoms with Gasteiger partial charge in [-0.1, -0.05) is 12.8 Å². The van der Waals surface area contributed by atoms with Crippen LogP contribution in [0.25, 0.3) is 0 Å². The Balaban J connectivity index is 1.61. The Labute approximate surface area is 155 Å². The summed E-state index contributed by atoms with van der Waals surface area (Å²) in [4.78, 5) is 29.1. The van der Waals surface area contributed by atoms with E-state index in [-0.39, 0.29) is 17.7 Å². The van der Waals surface area contributed by atoms with Gasteiger partial charge in [-0.15, -0.1) is 0 Å². The summed E-state index contributed by atoms with van der Waals surface area (Å²) in [5.41, 5.74) is 0.588. The third-order valence-electron chi connectivity index (χ3n) is 5.29. The minimum atomic E-state index is -0.0263. The molecule has 0 bridgehead atoms. The van der Waals surface area contributed by atoms with Crippen molar-refractivity contribution in [3.8, 4) is 11.5 Å². The third kappa shape index (κ3) is 3.94. The predicted molar refractivity (Wildman–Crippen MR) is 98.6 cm³/mol. The Morgan fingerprint density at radius 1 is 1.04 bits per heavy atom. The van der Waals surface area contributed by atoms with E-state index in [4.69, 9.17) is 9.47 Å². The molecule has 0 N–H and O–H groups in total. The second-order valence-electron chi connectivity index (χ2n) is 6.90. The number of piperazine rings is 1. The van der Waals surface area contributed by atoms with Crippen LogP contribution in [0.1, 0.15) is 43.0 Å². The zero-order chi connectivity index (χ0) is 18.5. The summed E-state index contributed by atoms with van der Waals surface area (Å²) < 4.78 is 10.8. The minimum absolute atomic E-state index is 0.0263. The van der Waals surface area contributed by atoms with Gasteiger partial charge >= 0.3 is 0 Å². The van der Waals surface area contributed by atoms with E-state index in [1.807, 2.05) is 16.7 Å². The highest BCUT2D eigenvalue weighted by atomic mass is 16.5. The predicted octanol–water partition coefficient (Wildman–Crippen LogP) is 2.57. The van der Waals surface area contributed by atoms with E-state index in [1.54, 1.807) is 25.3 Å². The zero-order valence-corrected chi connectivity index (χ0v) is 15.7. The summed E-state index contributed by atoms with van der Waals surface area (Å²) >= 11 is 0. The summed E-state index contributed by atoms with van der Waals surface area (Å²) in [6, 6.07) is 5.26. The Morgan fingerprint density at radius 3 is 2.31 bits per heavy atom. The first-order chi connectivity index (χ1) is 12.6. The van der Waals surface area contributed by atoms with Crippen molar-refractivity contribution in [1.82, 2.24) is 9.80 Å². The normalized spacial score (nSPS) is 18.1. The topological polar surface area (TPSA) is 59.1 Å². The van der Waals surface area contributed by atoms with Crippen molar-refractivity contribution in [1.29, 1.82) is 0 Å². The molecule has 3 rings (SSSR count). The molecule has 2 amide bonds.